The number of hydrogen-bond acceptors (Lipinski definition) is 5. The summed E-state index contributed by atoms with van der Waals surface area (Å²) in [4.78, 5) is 38.2. The number of nitrogens with zero attached hydrogens (tertiary/aromatic N) is 1. The van der Waals surface area contributed by atoms with Gasteiger partial charge in [0.1, 0.15) is 23.9 Å². The molecule has 0 unspecified atom stereocenters. The van der Waals surface area contributed by atoms with E-state index >= 15 is 0 Å². The number of rotatable bonds is 5. The highest BCUT2D eigenvalue weighted by atomic mass is 79.9. The maximum Gasteiger partial charge on any atom is 0.294 e. The van der Waals surface area contributed by atoms with Gasteiger partial charge in [-0.1, -0.05) is 11.6 Å². The lowest BCUT2D eigenvalue weighted by Gasteiger charge is -2.12. The number of furan rings is 1. The summed E-state index contributed by atoms with van der Waals surface area (Å²) in [6.07, 6.45) is 1.43. The fourth-order valence-corrected chi connectivity index (χ4v) is 4.13. The molecular weight excluding hydrogens is 523 g/mol. The Morgan fingerprint density at radius 2 is 1.91 bits per heavy atom. The van der Waals surface area contributed by atoms with E-state index in [-0.39, 0.29) is 10.7 Å². The van der Waals surface area contributed by atoms with Gasteiger partial charge in [-0.2, -0.15) is 0 Å². The Hall–Kier alpha value is -2.88. The van der Waals surface area contributed by atoms with Gasteiger partial charge in [0.15, 0.2) is 0 Å². The molecule has 1 aliphatic heterocycles. The number of thioether (sulfide) groups is 1. The molecule has 3 amide bonds. The van der Waals surface area contributed by atoms with Crippen LogP contribution < -0.4 is 5.32 Å². The van der Waals surface area contributed by atoms with E-state index < -0.39 is 23.6 Å². The Balaban J connectivity index is 1.44. The molecule has 6 nitrogen and oxygen atoms in total. The average Bonchev–Trinajstić information content (AvgIpc) is 3.32. The van der Waals surface area contributed by atoms with Gasteiger partial charge >= 0.3 is 0 Å². The number of halogens is 3. The van der Waals surface area contributed by atoms with Crippen molar-refractivity contribution in [1.29, 1.82) is 0 Å². The standard InChI is InChI=1S/C22H13BrClFN2O4S/c23-16-7-5-14(9-17(16)24)26-20(28)11-27-21(29)19(32-22(27)30)10-15-6-8-18(31-15)12-1-3-13(25)4-2-12/h1-10H,11H2,(H,26,28)/b19-10-. The van der Waals surface area contributed by atoms with Crippen molar-refractivity contribution in [2.75, 3.05) is 11.9 Å². The van der Waals surface area contributed by atoms with Gasteiger partial charge in [-0.05, 0) is 82.3 Å². The van der Waals surface area contributed by atoms with Crippen LogP contribution in [0.2, 0.25) is 5.02 Å². The van der Waals surface area contributed by atoms with E-state index in [1.807, 2.05) is 0 Å². The Labute approximate surface area is 199 Å². The van der Waals surface area contributed by atoms with Crippen LogP contribution in [0, 0.1) is 5.82 Å². The molecule has 2 heterocycles. The van der Waals surface area contributed by atoms with Gasteiger partial charge in [-0.25, -0.2) is 4.39 Å². The lowest BCUT2D eigenvalue weighted by atomic mass is 10.2. The van der Waals surface area contributed by atoms with Crippen molar-refractivity contribution in [3.63, 3.8) is 0 Å². The smallest absolute Gasteiger partial charge is 0.294 e. The molecule has 0 radical (unpaired) electrons. The maximum atomic E-state index is 13.1. The van der Waals surface area contributed by atoms with E-state index in [1.165, 1.54) is 18.2 Å². The molecule has 0 bridgehead atoms. The van der Waals surface area contributed by atoms with Crippen LogP contribution in [-0.4, -0.2) is 28.5 Å². The summed E-state index contributed by atoms with van der Waals surface area (Å²) in [7, 11) is 0. The number of nitrogens with one attached hydrogen (secondary N) is 1. The van der Waals surface area contributed by atoms with E-state index in [4.69, 9.17) is 16.0 Å². The molecule has 1 N–H and O–H groups in total. The zero-order chi connectivity index (χ0) is 22.8. The van der Waals surface area contributed by atoms with Crippen molar-refractivity contribution in [1.82, 2.24) is 4.90 Å². The zero-order valence-electron chi connectivity index (χ0n) is 16.1. The molecule has 1 saturated heterocycles. The third-order valence-corrected chi connectivity index (χ3v) is 6.55. The highest BCUT2D eigenvalue weighted by Crippen LogP contribution is 2.33. The van der Waals surface area contributed by atoms with Crippen LogP contribution in [0.3, 0.4) is 0 Å². The number of anilines is 1. The van der Waals surface area contributed by atoms with E-state index in [9.17, 15) is 18.8 Å². The second kappa shape index (κ2) is 9.32. The summed E-state index contributed by atoms with van der Waals surface area (Å²) >= 11 is 9.98. The maximum absolute atomic E-state index is 13.1. The van der Waals surface area contributed by atoms with E-state index in [2.05, 4.69) is 21.2 Å². The van der Waals surface area contributed by atoms with E-state index in [0.717, 1.165) is 16.7 Å². The molecule has 162 valence electrons. The van der Waals surface area contributed by atoms with Gasteiger partial charge in [-0.15, -0.1) is 0 Å². The van der Waals surface area contributed by atoms with Crippen LogP contribution in [0.5, 0.6) is 0 Å². The largest absolute Gasteiger partial charge is 0.457 e. The fourth-order valence-electron chi connectivity index (χ4n) is 2.88. The van der Waals surface area contributed by atoms with Crippen LogP contribution >= 0.6 is 39.3 Å². The molecule has 10 heteroatoms. The highest BCUT2D eigenvalue weighted by Gasteiger charge is 2.36. The summed E-state index contributed by atoms with van der Waals surface area (Å²) in [5.41, 5.74) is 1.11. The van der Waals surface area contributed by atoms with Crippen molar-refractivity contribution in [2.45, 2.75) is 0 Å². The Bertz CT molecular complexity index is 1260. The average molecular weight is 536 g/mol. The summed E-state index contributed by atoms with van der Waals surface area (Å²) in [6, 6.07) is 13.9. The summed E-state index contributed by atoms with van der Waals surface area (Å²) in [5, 5.41) is 2.46. The molecule has 2 aromatic carbocycles. The van der Waals surface area contributed by atoms with Crippen molar-refractivity contribution >= 4 is 68.1 Å². The predicted octanol–water partition coefficient (Wildman–Crippen LogP) is 6.18. The second-order valence-electron chi connectivity index (χ2n) is 6.65. The van der Waals surface area contributed by atoms with Crippen LogP contribution in [0.15, 0.2) is 68.4 Å². The Kier molecular flexibility index (Phi) is 6.50. The molecule has 1 aromatic heterocycles. The molecule has 0 spiro atoms. The SMILES string of the molecule is O=C(CN1C(=O)S/C(=C\c2ccc(-c3ccc(F)cc3)o2)C1=O)Nc1ccc(Br)c(Cl)c1. The topological polar surface area (TPSA) is 79.6 Å². The number of carbonyl (C=O) groups excluding carboxylic acids is 3. The lowest BCUT2D eigenvalue weighted by Crippen LogP contribution is -2.36. The molecule has 0 atom stereocenters. The zero-order valence-corrected chi connectivity index (χ0v) is 19.3. The monoisotopic (exact) mass is 534 g/mol. The molecule has 0 aliphatic carbocycles. The number of carbonyl (C=O) groups is 3. The number of hydrogen-bond donors (Lipinski definition) is 1. The minimum Gasteiger partial charge on any atom is -0.457 e. The highest BCUT2D eigenvalue weighted by molar-refractivity contribution is 9.10. The molecule has 1 aliphatic rings. The van der Waals surface area contributed by atoms with Crippen molar-refractivity contribution in [2.24, 2.45) is 0 Å². The van der Waals surface area contributed by atoms with E-state index in [1.54, 1.807) is 42.5 Å². The van der Waals surface area contributed by atoms with Gasteiger partial charge in [0.05, 0.1) is 9.93 Å². The number of benzene rings is 2. The normalized spacial score (nSPS) is 15.0. The minimum atomic E-state index is -0.594. The second-order valence-corrected chi connectivity index (χ2v) is 8.91. The van der Waals surface area contributed by atoms with Crippen LogP contribution in [0.1, 0.15) is 5.76 Å². The first-order valence-electron chi connectivity index (χ1n) is 9.16. The summed E-state index contributed by atoms with van der Waals surface area (Å²) in [5.74, 6) is -0.652. The van der Waals surface area contributed by atoms with Gasteiger partial charge in [-0.3, -0.25) is 19.3 Å². The van der Waals surface area contributed by atoms with Gasteiger partial charge < -0.3 is 9.73 Å². The first-order valence-corrected chi connectivity index (χ1v) is 11.1. The molecule has 3 aromatic rings. The van der Waals surface area contributed by atoms with Crippen molar-refractivity contribution in [3.05, 3.63) is 80.6 Å². The first-order chi connectivity index (χ1) is 15.3. The Morgan fingerprint density at radius 1 is 1.16 bits per heavy atom. The van der Waals surface area contributed by atoms with Crippen LogP contribution in [0.25, 0.3) is 17.4 Å². The van der Waals surface area contributed by atoms with Crippen molar-refractivity contribution in [3.8, 4) is 11.3 Å². The van der Waals surface area contributed by atoms with Gasteiger partial charge in [0, 0.05) is 21.8 Å². The van der Waals surface area contributed by atoms with Crippen LogP contribution in [-0.2, 0) is 9.59 Å². The lowest BCUT2D eigenvalue weighted by molar-refractivity contribution is -0.127. The van der Waals surface area contributed by atoms with E-state index in [0.29, 0.717) is 32.3 Å². The third kappa shape index (κ3) is 4.95. The van der Waals surface area contributed by atoms with Crippen molar-refractivity contribution < 1.29 is 23.2 Å². The molecule has 32 heavy (non-hydrogen) atoms. The minimum absolute atomic E-state index is 0.134. The summed E-state index contributed by atoms with van der Waals surface area (Å²) in [6.45, 7) is -0.436. The van der Waals surface area contributed by atoms with Gasteiger partial charge in [0.2, 0.25) is 5.91 Å². The first kappa shape index (κ1) is 22.3. The molecule has 0 saturated carbocycles. The molecular formula is C22H13BrClFN2O4S. The fraction of sp³-hybridized carbons (Fsp3) is 0.0455. The number of imide groups is 1. The quantitative estimate of drug-likeness (QED) is 0.395. The predicted molar refractivity (Wildman–Crippen MR) is 125 cm³/mol. The number of amides is 3. The molecule has 1 fully saturated rings. The summed E-state index contributed by atoms with van der Waals surface area (Å²) < 4.78 is 19.4. The van der Waals surface area contributed by atoms with Crippen LogP contribution in [0.4, 0.5) is 14.9 Å². The van der Waals surface area contributed by atoms with Gasteiger partial charge in [0.25, 0.3) is 11.1 Å². The Morgan fingerprint density at radius 3 is 2.62 bits per heavy atom. The molecule has 4 rings (SSSR count). The third-order valence-electron chi connectivity index (χ3n) is 4.41.